The summed E-state index contributed by atoms with van der Waals surface area (Å²) in [7, 11) is 0. The summed E-state index contributed by atoms with van der Waals surface area (Å²) >= 11 is 6.23. The second kappa shape index (κ2) is 7.66. The van der Waals surface area contributed by atoms with Crippen molar-refractivity contribution in [3.8, 4) is 0 Å². The van der Waals surface area contributed by atoms with Crippen LogP contribution in [0.3, 0.4) is 0 Å². The Morgan fingerprint density at radius 3 is 2.70 bits per heavy atom. The third-order valence-electron chi connectivity index (χ3n) is 5.00. The fraction of sp³-hybridized carbons (Fsp3) is 0.368. The van der Waals surface area contributed by atoms with Gasteiger partial charge in [-0.2, -0.15) is 22.0 Å². The van der Waals surface area contributed by atoms with E-state index in [0.29, 0.717) is 27.4 Å². The summed E-state index contributed by atoms with van der Waals surface area (Å²) in [5, 5.41) is 0.332. The van der Waals surface area contributed by atoms with Gasteiger partial charge in [0, 0.05) is 6.54 Å². The van der Waals surface area contributed by atoms with Gasteiger partial charge in [-0.05, 0) is 37.6 Å². The minimum atomic E-state index is -5.02. The highest BCUT2D eigenvalue weighted by atomic mass is 35.5. The zero-order valence-corrected chi connectivity index (χ0v) is 16.3. The van der Waals surface area contributed by atoms with E-state index in [1.165, 1.54) is 17.0 Å². The number of alkyl halides is 5. The molecule has 0 saturated heterocycles. The number of nitrogens with zero attached hydrogens (tertiary/aromatic N) is 4. The molecule has 1 aliphatic heterocycles. The summed E-state index contributed by atoms with van der Waals surface area (Å²) in [4.78, 5) is 9.73. The van der Waals surface area contributed by atoms with Crippen molar-refractivity contribution in [1.82, 2.24) is 14.5 Å². The Kier molecular flexibility index (Phi) is 5.31. The van der Waals surface area contributed by atoms with E-state index in [1.54, 1.807) is 29.7 Å². The number of benzene rings is 1. The fourth-order valence-corrected chi connectivity index (χ4v) is 4.01. The molecule has 3 aromatic rings. The van der Waals surface area contributed by atoms with Crippen molar-refractivity contribution in [1.29, 1.82) is 0 Å². The Morgan fingerprint density at radius 1 is 1.27 bits per heavy atom. The van der Waals surface area contributed by atoms with E-state index < -0.39 is 24.9 Å². The highest BCUT2D eigenvalue weighted by Gasteiger charge is 2.51. The molecule has 0 bridgehead atoms. The topological polar surface area (TPSA) is 43.2 Å². The lowest BCUT2D eigenvalue weighted by atomic mass is 10.0. The SMILES string of the molecule is Cc1n[c]ccc1N1c2nc3c(Cl)cccc3n2CCC1C(OC(F)F)C(F)(F)F. The van der Waals surface area contributed by atoms with Crippen LogP contribution >= 0.6 is 11.6 Å². The average molecular weight is 446 g/mol. The Bertz CT molecular complexity index is 1070. The molecule has 2 aromatic heterocycles. The van der Waals surface area contributed by atoms with Crippen molar-refractivity contribution in [3.63, 3.8) is 0 Å². The lowest BCUT2D eigenvalue weighted by Gasteiger charge is -2.41. The molecule has 11 heteroatoms. The number of hydrogen-bond donors (Lipinski definition) is 0. The lowest BCUT2D eigenvalue weighted by molar-refractivity contribution is -0.279. The van der Waals surface area contributed by atoms with Crippen LogP contribution < -0.4 is 4.90 Å². The monoisotopic (exact) mass is 445 g/mol. The van der Waals surface area contributed by atoms with Crippen molar-refractivity contribution in [2.75, 3.05) is 4.90 Å². The summed E-state index contributed by atoms with van der Waals surface area (Å²) in [6, 6.07) is 6.54. The Balaban J connectivity index is 1.93. The zero-order valence-electron chi connectivity index (χ0n) is 15.5. The van der Waals surface area contributed by atoms with Crippen LogP contribution in [0.5, 0.6) is 0 Å². The van der Waals surface area contributed by atoms with Crippen molar-refractivity contribution in [3.05, 3.63) is 47.2 Å². The first-order chi connectivity index (χ1) is 14.2. The van der Waals surface area contributed by atoms with Gasteiger partial charge in [-0.15, -0.1) is 0 Å². The van der Waals surface area contributed by atoms with E-state index in [0.717, 1.165) is 0 Å². The van der Waals surface area contributed by atoms with Gasteiger partial charge in [-0.1, -0.05) is 17.7 Å². The van der Waals surface area contributed by atoms with Gasteiger partial charge in [-0.25, -0.2) is 9.97 Å². The lowest BCUT2D eigenvalue weighted by Crippen LogP contribution is -2.53. The van der Waals surface area contributed by atoms with Crippen LogP contribution in [-0.4, -0.2) is 39.5 Å². The average Bonchev–Trinajstić information content (AvgIpc) is 3.05. The largest absolute Gasteiger partial charge is 0.416 e. The summed E-state index contributed by atoms with van der Waals surface area (Å²) in [6.07, 6.45) is -5.26. The number of halogens is 6. The van der Waals surface area contributed by atoms with Crippen LogP contribution in [0.15, 0.2) is 30.3 Å². The molecule has 0 fully saturated rings. The molecule has 0 N–H and O–H groups in total. The van der Waals surface area contributed by atoms with Crippen molar-refractivity contribution in [2.45, 2.75) is 44.8 Å². The summed E-state index contributed by atoms with van der Waals surface area (Å²) in [5.41, 5.74) is 1.70. The molecule has 2 atom stereocenters. The quantitative estimate of drug-likeness (QED) is 0.513. The maximum atomic E-state index is 13.7. The number of ether oxygens (including phenoxy) is 1. The molecule has 0 amide bonds. The Morgan fingerprint density at radius 2 is 2.03 bits per heavy atom. The molecule has 5 nitrogen and oxygen atoms in total. The molecule has 1 radical (unpaired) electrons. The van der Waals surface area contributed by atoms with Crippen LogP contribution in [0.4, 0.5) is 33.6 Å². The number of imidazole rings is 1. The van der Waals surface area contributed by atoms with Crippen LogP contribution in [0.1, 0.15) is 12.1 Å². The van der Waals surface area contributed by atoms with Gasteiger partial charge < -0.3 is 14.2 Å². The molecule has 30 heavy (non-hydrogen) atoms. The maximum absolute atomic E-state index is 13.7. The second-order valence-corrected chi connectivity index (χ2v) is 7.21. The van der Waals surface area contributed by atoms with E-state index in [2.05, 4.69) is 20.9 Å². The number of aryl methyl sites for hydroxylation is 2. The minimum Gasteiger partial charge on any atom is -0.310 e. The van der Waals surface area contributed by atoms with Crippen LogP contribution in [-0.2, 0) is 11.3 Å². The van der Waals surface area contributed by atoms with E-state index in [1.807, 2.05) is 0 Å². The third-order valence-corrected chi connectivity index (χ3v) is 5.31. The first-order valence-corrected chi connectivity index (χ1v) is 9.34. The predicted octanol–water partition coefficient (Wildman–Crippen LogP) is 5.27. The third kappa shape index (κ3) is 3.58. The number of pyridine rings is 1. The van der Waals surface area contributed by atoms with Gasteiger partial charge in [0.2, 0.25) is 5.95 Å². The Labute approximate surface area is 173 Å². The summed E-state index contributed by atoms with van der Waals surface area (Å²) in [5.74, 6) is 0.151. The molecule has 159 valence electrons. The smallest absolute Gasteiger partial charge is 0.310 e. The number of hydrogen-bond acceptors (Lipinski definition) is 4. The van der Waals surface area contributed by atoms with Gasteiger partial charge >= 0.3 is 12.8 Å². The predicted molar refractivity (Wildman–Crippen MR) is 100 cm³/mol. The van der Waals surface area contributed by atoms with Gasteiger partial charge in [0.25, 0.3) is 0 Å². The number of aromatic nitrogens is 3. The normalized spacial score (nSPS) is 18.1. The van der Waals surface area contributed by atoms with Gasteiger partial charge in [0.15, 0.2) is 6.10 Å². The van der Waals surface area contributed by atoms with E-state index in [9.17, 15) is 22.0 Å². The van der Waals surface area contributed by atoms with Gasteiger partial charge in [0.05, 0.1) is 34.2 Å². The maximum Gasteiger partial charge on any atom is 0.416 e. The van der Waals surface area contributed by atoms with Gasteiger partial charge in [0.1, 0.15) is 5.52 Å². The highest BCUT2D eigenvalue weighted by Crippen LogP contribution is 2.42. The first kappa shape index (κ1) is 20.8. The summed E-state index contributed by atoms with van der Waals surface area (Å²) < 4.78 is 72.8. The van der Waals surface area contributed by atoms with Crippen molar-refractivity contribution in [2.24, 2.45) is 0 Å². The number of anilines is 2. The summed E-state index contributed by atoms with van der Waals surface area (Å²) in [6.45, 7) is -1.87. The molecule has 1 aromatic carbocycles. The fourth-order valence-electron chi connectivity index (χ4n) is 3.80. The first-order valence-electron chi connectivity index (χ1n) is 8.96. The van der Waals surface area contributed by atoms with E-state index >= 15 is 0 Å². The molecule has 0 spiro atoms. The Hall–Kier alpha value is -2.46. The molecule has 0 aliphatic carbocycles. The van der Waals surface area contributed by atoms with Gasteiger partial charge in [-0.3, -0.25) is 0 Å². The van der Waals surface area contributed by atoms with Crippen LogP contribution in [0, 0.1) is 13.1 Å². The second-order valence-electron chi connectivity index (χ2n) is 6.80. The molecule has 1 aliphatic rings. The van der Waals surface area contributed by atoms with Crippen LogP contribution in [0.25, 0.3) is 11.0 Å². The molecule has 3 heterocycles. The number of rotatable bonds is 4. The molecule has 0 saturated carbocycles. The van der Waals surface area contributed by atoms with Crippen LogP contribution in [0.2, 0.25) is 5.02 Å². The highest BCUT2D eigenvalue weighted by molar-refractivity contribution is 6.35. The molecule has 4 rings (SSSR count). The molecular weight excluding hydrogens is 431 g/mol. The number of para-hydroxylation sites is 1. The standard InChI is InChI=1S/C19H15ClF5N4O/c1-10-12(6-3-8-26-10)29-14(16(19(23,24)25)30-17(21)22)7-9-28-13-5-2-4-11(20)15(13)27-18(28)29/h2-6,14,16-17H,7,9H2,1H3. The minimum absolute atomic E-state index is 0.111. The van der Waals surface area contributed by atoms with E-state index in [-0.39, 0.29) is 18.9 Å². The number of fused-ring (bicyclic) bond motifs is 3. The van der Waals surface area contributed by atoms with E-state index in [4.69, 9.17) is 11.6 Å². The van der Waals surface area contributed by atoms with Crippen molar-refractivity contribution < 1.29 is 26.7 Å². The zero-order chi connectivity index (χ0) is 21.6. The molecule has 2 unspecified atom stereocenters. The molecular formula is C19H15ClF5N4O. The van der Waals surface area contributed by atoms with Crippen molar-refractivity contribution >= 4 is 34.3 Å².